The fourth-order valence-electron chi connectivity index (χ4n) is 1.57. The summed E-state index contributed by atoms with van der Waals surface area (Å²) >= 11 is 5.70. The third-order valence-electron chi connectivity index (χ3n) is 2.41. The van der Waals surface area contributed by atoms with Crippen molar-refractivity contribution >= 4 is 21.6 Å². The van der Waals surface area contributed by atoms with Gasteiger partial charge >= 0.3 is 6.61 Å². The highest BCUT2D eigenvalue weighted by molar-refractivity contribution is 7.89. The molecule has 1 aliphatic rings. The molecule has 1 aromatic carbocycles. The SMILES string of the molecule is O=S(=O)(c1ccc(OC(F)F)c(Cl)c1)N1CCCO1. The molecule has 1 aromatic rings. The zero-order valence-electron chi connectivity index (χ0n) is 9.55. The van der Waals surface area contributed by atoms with Crippen molar-refractivity contribution in [1.82, 2.24) is 4.47 Å². The molecular formula is C10H10ClF2NO4S. The number of nitrogens with zero attached hydrogens (tertiary/aromatic N) is 1. The minimum atomic E-state index is -3.82. The quantitative estimate of drug-likeness (QED) is 0.855. The number of ether oxygens (including phenoxy) is 1. The van der Waals surface area contributed by atoms with Gasteiger partial charge in [0.1, 0.15) is 5.75 Å². The van der Waals surface area contributed by atoms with E-state index in [2.05, 4.69) is 4.74 Å². The molecule has 0 N–H and O–H groups in total. The van der Waals surface area contributed by atoms with Crippen LogP contribution in [0.25, 0.3) is 0 Å². The van der Waals surface area contributed by atoms with Crippen molar-refractivity contribution in [2.75, 3.05) is 13.2 Å². The second kappa shape index (κ2) is 5.58. The van der Waals surface area contributed by atoms with Crippen molar-refractivity contribution in [2.24, 2.45) is 0 Å². The first-order chi connectivity index (χ1) is 8.91. The van der Waals surface area contributed by atoms with Crippen LogP contribution in [0.1, 0.15) is 6.42 Å². The Balaban J connectivity index is 2.28. The van der Waals surface area contributed by atoms with E-state index in [9.17, 15) is 17.2 Å². The maximum atomic E-state index is 12.1. The van der Waals surface area contributed by atoms with Crippen LogP contribution in [0.5, 0.6) is 5.75 Å². The molecule has 0 unspecified atom stereocenters. The van der Waals surface area contributed by atoms with Gasteiger partial charge in [0.15, 0.2) is 0 Å². The van der Waals surface area contributed by atoms with Gasteiger partial charge in [-0.15, -0.1) is 0 Å². The summed E-state index contributed by atoms with van der Waals surface area (Å²) in [5.74, 6) is -0.280. The van der Waals surface area contributed by atoms with E-state index < -0.39 is 16.6 Å². The fraction of sp³-hybridized carbons (Fsp3) is 0.400. The first kappa shape index (κ1) is 14.4. The molecule has 5 nitrogen and oxygen atoms in total. The average molecular weight is 314 g/mol. The molecule has 1 aliphatic heterocycles. The van der Waals surface area contributed by atoms with Gasteiger partial charge in [-0.25, -0.2) is 8.42 Å². The molecule has 0 spiro atoms. The third kappa shape index (κ3) is 3.14. The van der Waals surface area contributed by atoms with Crippen LogP contribution in [-0.2, 0) is 14.9 Å². The van der Waals surface area contributed by atoms with Gasteiger partial charge in [-0.05, 0) is 24.6 Å². The molecule has 0 saturated carbocycles. The fourth-order valence-corrected chi connectivity index (χ4v) is 3.18. The van der Waals surface area contributed by atoms with E-state index in [1.54, 1.807) is 0 Å². The molecule has 0 atom stereocenters. The predicted molar refractivity (Wildman–Crippen MR) is 62.5 cm³/mol. The third-order valence-corrected chi connectivity index (χ3v) is 4.37. The average Bonchev–Trinajstić information content (AvgIpc) is 2.85. The molecule has 2 rings (SSSR count). The van der Waals surface area contributed by atoms with E-state index in [1.165, 1.54) is 0 Å². The highest BCUT2D eigenvalue weighted by Gasteiger charge is 2.29. The summed E-state index contributed by atoms with van der Waals surface area (Å²) in [5.41, 5.74) is 0. The number of sulfonamides is 1. The molecule has 0 radical (unpaired) electrons. The van der Waals surface area contributed by atoms with Crippen molar-refractivity contribution in [3.8, 4) is 5.75 Å². The molecule has 1 fully saturated rings. The van der Waals surface area contributed by atoms with Gasteiger partial charge in [-0.1, -0.05) is 16.1 Å². The van der Waals surface area contributed by atoms with Crippen LogP contribution in [0.2, 0.25) is 5.02 Å². The summed E-state index contributed by atoms with van der Waals surface area (Å²) in [4.78, 5) is 4.82. The monoisotopic (exact) mass is 313 g/mol. The molecule has 106 valence electrons. The highest BCUT2D eigenvalue weighted by atomic mass is 35.5. The first-order valence-corrected chi connectivity index (χ1v) is 7.13. The Kier molecular flexibility index (Phi) is 4.24. The summed E-state index contributed by atoms with van der Waals surface area (Å²) in [7, 11) is -3.82. The van der Waals surface area contributed by atoms with Gasteiger partial charge in [-0.3, -0.25) is 4.84 Å². The highest BCUT2D eigenvalue weighted by Crippen LogP contribution is 2.30. The van der Waals surface area contributed by atoms with E-state index in [1.807, 2.05) is 0 Å². The van der Waals surface area contributed by atoms with Gasteiger partial charge in [0.2, 0.25) is 0 Å². The molecule has 1 heterocycles. The number of alkyl halides is 2. The second-order valence-electron chi connectivity index (χ2n) is 3.69. The second-order valence-corrected chi connectivity index (χ2v) is 5.92. The number of hydrogen-bond donors (Lipinski definition) is 0. The van der Waals surface area contributed by atoms with Crippen molar-refractivity contribution in [1.29, 1.82) is 0 Å². The Morgan fingerprint density at radius 1 is 1.42 bits per heavy atom. The largest absolute Gasteiger partial charge is 0.433 e. The molecule has 0 aliphatic carbocycles. The number of hydroxylamine groups is 1. The minimum absolute atomic E-state index is 0.138. The molecule has 9 heteroatoms. The molecule has 1 saturated heterocycles. The predicted octanol–water partition coefficient (Wildman–Crippen LogP) is 2.27. The van der Waals surface area contributed by atoms with E-state index in [-0.39, 0.29) is 22.2 Å². The molecule has 0 aromatic heterocycles. The molecule has 0 amide bonds. The zero-order valence-corrected chi connectivity index (χ0v) is 11.1. The number of rotatable bonds is 4. The Bertz CT molecular complexity index is 561. The molecule has 19 heavy (non-hydrogen) atoms. The Labute approximate surface area is 113 Å². The van der Waals surface area contributed by atoms with Crippen molar-refractivity contribution in [3.63, 3.8) is 0 Å². The maximum absolute atomic E-state index is 12.1. The van der Waals surface area contributed by atoms with Crippen molar-refractivity contribution in [3.05, 3.63) is 23.2 Å². The van der Waals surface area contributed by atoms with E-state index >= 15 is 0 Å². The number of halogens is 3. The van der Waals surface area contributed by atoms with Crippen LogP contribution in [0.4, 0.5) is 8.78 Å². The summed E-state index contributed by atoms with van der Waals surface area (Å²) < 4.78 is 53.2. The molecule has 0 bridgehead atoms. The van der Waals surface area contributed by atoms with Gasteiger partial charge in [0.05, 0.1) is 16.5 Å². The van der Waals surface area contributed by atoms with Crippen LogP contribution in [0.15, 0.2) is 23.1 Å². The lowest BCUT2D eigenvalue weighted by Gasteiger charge is -2.15. The summed E-state index contributed by atoms with van der Waals surface area (Å²) in [6.07, 6.45) is 0.597. The lowest BCUT2D eigenvalue weighted by molar-refractivity contribution is -0.0498. The van der Waals surface area contributed by atoms with E-state index in [0.29, 0.717) is 13.0 Å². The number of benzene rings is 1. The molecular weight excluding hydrogens is 304 g/mol. The Morgan fingerprint density at radius 3 is 2.68 bits per heavy atom. The van der Waals surface area contributed by atoms with Crippen LogP contribution in [0, 0.1) is 0 Å². The van der Waals surface area contributed by atoms with E-state index in [0.717, 1.165) is 22.7 Å². The Hall–Kier alpha value is -0.960. The van der Waals surface area contributed by atoms with E-state index in [4.69, 9.17) is 16.4 Å². The number of hydrogen-bond acceptors (Lipinski definition) is 4. The Morgan fingerprint density at radius 2 is 2.16 bits per heavy atom. The lowest BCUT2D eigenvalue weighted by Crippen LogP contribution is -2.26. The summed E-state index contributed by atoms with van der Waals surface area (Å²) in [6.45, 7) is -2.46. The first-order valence-electron chi connectivity index (χ1n) is 5.31. The van der Waals surface area contributed by atoms with Crippen molar-refractivity contribution in [2.45, 2.75) is 17.9 Å². The van der Waals surface area contributed by atoms with Gasteiger partial charge in [-0.2, -0.15) is 8.78 Å². The van der Waals surface area contributed by atoms with Crippen LogP contribution in [-0.4, -0.2) is 32.6 Å². The summed E-state index contributed by atoms with van der Waals surface area (Å²) in [6, 6.07) is 3.27. The van der Waals surface area contributed by atoms with Crippen LogP contribution < -0.4 is 4.74 Å². The normalized spacial score (nSPS) is 17.1. The van der Waals surface area contributed by atoms with Crippen LogP contribution >= 0.6 is 11.6 Å². The standard InChI is InChI=1S/C10H10ClF2NO4S/c11-8-6-7(2-3-9(8)18-10(12)13)19(15,16)14-4-1-5-17-14/h2-3,6,10H,1,4-5H2. The van der Waals surface area contributed by atoms with Gasteiger partial charge < -0.3 is 4.74 Å². The zero-order chi connectivity index (χ0) is 14.0. The lowest BCUT2D eigenvalue weighted by atomic mass is 10.3. The smallest absolute Gasteiger partial charge is 0.387 e. The van der Waals surface area contributed by atoms with Crippen LogP contribution in [0.3, 0.4) is 0 Å². The topological polar surface area (TPSA) is 55.8 Å². The van der Waals surface area contributed by atoms with Gasteiger partial charge in [0, 0.05) is 6.54 Å². The maximum Gasteiger partial charge on any atom is 0.387 e. The summed E-state index contributed by atoms with van der Waals surface area (Å²) in [5, 5.41) is -0.208. The minimum Gasteiger partial charge on any atom is -0.433 e. The van der Waals surface area contributed by atoms with Crippen molar-refractivity contribution < 1.29 is 26.8 Å². The van der Waals surface area contributed by atoms with Gasteiger partial charge in [0.25, 0.3) is 10.0 Å².